The van der Waals surface area contributed by atoms with Gasteiger partial charge in [-0.05, 0) is 128 Å². The molecule has 0 aliphatic rings. The first-order valence-electron chi connectivity index (χ1n) is 19.7. The van der Waals surface area contributed by atoms with Crippen LogP contribution < -0.4 is 0 Å². The van der Waals surface area contributed by atoms with E-state index in [1.54, 1.807) is 0 Å². The Balaban J connectivity index is 1.17. The summed E-state index contributed by atoms with van der Waals surface area (Å²) in [5.74, 6) is 0. The Hall–Kier alpha value is -7.48. The zero-order valence-corrected chi connectivity index (χ0v) is 30.9. The second-order valence-corrected chi connectivity index (χ2v) is 15.6. The van der Waals surface area contributed by atoms with Crippen molar-refractivity contribution < 1.29 is 4.42 Å². The Morgan fingerprint density at radius 2 is 0.825 bits per heavy atom. The molecule has 0 saturated carbocycles. The van der Waals surface area contributed by atoms with Gasteiger partial charge in [0.05, 0.1) is 0 Å². The predicted molar refractivity (Wildman–Crippen MR) is 244 cm³/mol. The van der Waals surface area contributed by atoms with Crippen molar-refractivity contribution in [3.8, 4) is 33.4 Å². The standard InChI is InChI=1S/C56H32O/c1-2-10-33(11-3-1)42-23-19-35-22-27-46-43(24-20-36-21-26-45(42)53(35)54(36)46)40-30-50-49-28-37-13-4-5-14-38(37)32-52(49)57-56(50)51(31-40)55-44-17-9-7-15-39(44)29-48-41-16-8-6-12-34(41)18-25-47(48)55/h1-32H. The summed E-state index contributed by atoms with van der Waals surface area (Å²) in [6.45, 7) is 0. The minimum absolute atomic E-state index is 0.904. The maximum atomic E-state index is 7.06. The molecule has 262 valence electrons. The molecule has 1 heterocycles. The fourth-order valence-corrected chi connectivity index (χ4v) is 9.94. The van der Waals surface area contributed by atoms with Crippen molar-refractivity contribution in [2.75, 3.05) is 0 Å². The fraction of sp³-hybridized carbons (Fsp3) is 0. The lowest BCUT2D eigenvalue weighted by atomic mass is 9.85. The Morgan fingerprint density at radius 1 is 0.263 bits per heavy atom. The van der Waals surface area contributed by atoms with Crippen molar-refractivity contribution in [2.45, 2.75) is 0 Å². The van der Waals surface area contributed by atoms with Gasteiger partial charge < -0.3 is 4.42 Å². The summed E-state index contributed by atoms with van der Waals surface area (Å²) in [6, 6.07) is 71.7. The highest BCUT2D eigenvalue weighted by molar-refractivity contribution is 6.29. The molecule has 0 aliphatic heterocycles. The average molecular weight is 721 g/mol. The third-order valence-electron chi connectivity index (χ3n) is 12.5. The van der Waals surface area contributed by atoms with Crippen molar-refractivity contribution in [3.63, 3.8) is 0 Å². The number of hydrogen-bond acceptors (Lipinski definition) is 1. The first kappa shape index (κ1) is 30.8. The predicted octanol–water partition coefficient (Wildman–Crippen LogP) is 16.1. The van der Waals surface area contributed by atoms with Gasteiger partial charge in [0.1, 0.15) is 11.2 Å². The molecular formula is C56H32O. The van der Waals surface area contributed by atoms with Gasteiger partial charge in [0.25, 0.3) is 0 Å². The van der Waals surface area contributed by atoms with Crippen LogP contribution in [0.4, 0.5) is 0 Å². The van der Waals surface area contributed by atoms with Gasteiger partial charge in [-0.1, -0.05) is 164 Å². The van der Waals surface area contributed by atoms with E-state index >= 15 is 0 Å². The van der Waals surface area contributed by atoms with E-state index in [1.807, 2.05) is 0 Å². The monoisotopic (exact) mass is 720 g/mol. The summed E-state index contributed by atoms with van der Waals surface area (Å²) in [6.07, 6.45) is 0. The van der Waals surface area contributed by atoms with Crippen molar-refractivity contribution in [3.05, 3.63) is 194 Å². The molecular weight excluding hydrogens is 689 g/mol. The van der Waals surface area contributed by atoms with Crippen LogP contribution in [-0.2, 0) is 0 Å². The van der Waals surface area contributed by atoms with E-state index in [2.05, 4.69) is 194 Å². The van der Waals surface area contributed by atoms with Crippen LogP contribution in [0.15, 0.2) is 199 Å². The minimum Gasteiger partial charge on any atom is -0.455 e. The molecule has 0 radical (unpaired) electrons. The van der Waals surface area contributed by atoms with Gasteiger partial charge in [-0.3, -0.25) is 0 Å². The number of benzene rings is 12. The molecule has 0 saturated heterocycles. The quantitative estimate of drug-likeness (QED) is 0.131. The molecule has 1 aromatic heterocycles. The van der Waals surface area contributed by atoms with Crippen LogP contribution in [0, 0.1) is 0 Å². The van der Waals surface area contributed by atoms with Crippen LogP contribution >= 0.6 is 0 Å². The third kappa shape index (κ3) is 4.40. The lowest BCUT2D eigenvalue weighted by Gasteiger charge is -2.18. The number of furan rings is 1. The van der Waals surface area contributed by atoms with Crippen molar-refractivity contribution in [1.82, 2.24) is 0 Å². The van der Waals surface area contributed by atoms with Crippen molar-refractivity contribution in [2.24, 2.45) is 0 Å². The van der Waals surface area contributed by atoms with Gasteiger partial charge in [0, 0.05) is 21.9 Å². The van der Waals surface area contributed by atoms with Gasteiger partial charge in [-0.15, -0.1) is 0 Å². The van der Waals surface area contributed by atoms with E-state index < -0.39 is 0 Å². The van der Waals surface area contributed by atoms with Gasteiger partial charge in [0.2, 0.25) is 0 Å². The molecule has 1 nitrogen and oxygen atoms in total. The van der Waals surface area contributed by atoms with Crippen LogP contribution in [0.1, 0.15) is 0 Å². The van der Waals surface area contributed by atoms with Crippen molar-refractivity contribution >= 4 is 97.3 Å². The minimum atomic E-state index is 0.904. The van der Waals surface area contributed by atoms with Gasteiger partial charge in [-0.2, -0.15) is 0 Å². The Kier molecular flexibility index (Phi) is 6.23. The number of rotatable bonds is 3. The lowest BCUT2D eigenvalue weighted by molar-refractivity contribution is 0.670. The molecule has 0 unspecified atom stereocenters. The highest BCUT2D eigenvalue weighted by Gasteiger charge is 2.22. The van der Waals surface area contributed by atoms with Crippen LogP contribution in [-0.4, -0.2) is 0 Å². The number of hydrogen-bond donors (Lipinski definition) is 0. The average Bonchev–Trinajstić information content (AvgIpc) is 3.63. The lowest BCUT2D eigenvalue weighted by Crippen LogP contribution is -1.91. The molecule has 1 heteroatoms. The molecule has 0 spiro atoms. The van der Waals surface area contributed by atoms with Crippen LogP contribution in [0.2, 0.25) is 0 Å². The largest absolute Gasteiger partial charge is 0.455 e. The molecule has 0 atom stereocenters. The number of fused-ring (bicyclic) bond motifs is 8. The van der Waals surface area contributed by atoms with Gasteiger partial charge >= 0.3 is 0 Å². The highest BCUT2D eigenvalue weighted by Crippen LogP contribution is 2.48. The second-order valence-electron chi connectivity index (χ2n) is 15.6. The van der Waals surface area contributed by atoms with E-state index in [0.29, 0.717) is 0 Å². The van der Waals surface area contributed by atoms with Crippen molar-refractivity contribution in [1.29, 1.82) is 0 Å². The summed E-state index contributed by atoms with van der Waals surface area (Å²) < 4.78 is 7.06. The first-order valence-corrected chi connectivity index (χ1v) is 19.7. The van der Waals surface area contributed by atoms with Gasteiger partial charge in [0.15, 0.2) is 0 Å². The van der Waals surface area contributed by atoms with E-state index in [4.69, 9.17) is 4.42 Å². The Bertz CT molecular complexity index is 3790. The van der Waals surface area contributed by atoms with E-state index in [-0.39, 0.29) is 0 Å². The molecule has 0 amide bonds. The van der Waals surface area contributed by atoms with E-state index in [9.17, 15) is 0 Å². The molecule has 13 rings (SSSR count). The van der Waals surface area contributed by atoms with E-state index in [0.717, 1.165) is 27.5 Å². The topological polar surface area (TPSA) is 13.1 Å². The smallest absolute Gasteiger partial charge is 0.143 e. The zero-order chi connectivity index (χ0) is 37.2. The normalized spacial score (nSPS) is 12.2. The molecule has 0 bridgehead atoms. The van der Waals surface area contributed by atoms with E-state index in [1.165, 1.54) is 103 Å². The fourth-order valence-electron chi connectivity index (χ4n) is 9.94. The van der Waals surface area contributed by atoms with Gasteiger partial charge in [-0.25, -0.2) is 0 Å². The van der Waals surface area contributed by atoms with Crippen LogP contribution in [0.5, 0.6) is 0 Å². The Morgan fingerprint density at radius 3 is 1.58 bits per heavy atom. The molecule has 0 fully saturated rings. The molecule has 0 aliphatic carbocycles. The Labute approximate surface area is 328 Å². The maximum absolute atomic E-state index is 7.06. The molecule has 13 aromatic rings. The second kappa shape index (κ2) is 11.5. The summed E-state index contributed by atoms with van der Waals surface area (Å²) >= 11 is 0. The zero-order valence-electron chi connectivity index (χ0n) is 30.9. The van der Waals surface area contributed by atoms with Crippen LogP contribution in [0.25, 0.3) is 131 Å². The summed E-state index contributed by atoms with van der Waals surface area (Å²) in [5, 5.41) is 19.7. The molecule has 12 aromatic carbocycles. The summed E-state index contributed by atoms with van der Waals surface area (Å²) in [4.78, 5) is 0. The summed E-state index contributed by atoms with van der Waals surface area (Å²) in [7, 11) is 0. The summed E-state index contributed by atoms with van der Waals surface area (Å²) in [5.41, 5.74) is 9.03. The third-order valence-corrected chi connectivity index (χ3v) is 12.5. The first-order chi connectivity index (χ1) is 28.2. The van der Waals surface area contributed by atoms with Crippen LogP contribution in [0.3, 0.4) is 0 Å². The molecule has 0 N–H and O–H groups in total. The maximum Gasteiger partial charge on any atom is 0.143 e. The highest BCUT2D eigenvalue weighted by atomic mass is 16.3. The SMILES string of the molecule is c1ccc(-c2ccc3ccc4c(-c5cc(-c6c7ccccc7cc7c6ccc6ccccc67)c6oc7cc8ccccc8cc7c6c5)ccc5ccc2c3c54)cc1. The molecule has 57 heavy (non-hydrogen) atoms.